The van der Waals surface area contributed by atoms with E-state index in [1.165, 1.54) is 38.5 Å². The molecule has 66 heavy (non-hydrogen) atoms. The minimum absolute atomic E-state index is 0.0379. The third-order valence-corrected chi connectivity index (χ3v) is 11.3. The van der Waals surface area contributed by atoms with E-state index in [1.807, 2.05) is 21.1 Å². The molecule has 0 aliphatic carbocycles. The number of likely N-dealkylation sites (N-methyl/N-ethyl adjacent to an activating group) is 1. The van der Waals surface area contributed by atoms with Gasteiger partial charge in [-0.1, -0.05) is 194 Å². The number of esters is 2. The van der Waals surface area contributed by atoms with E-state index in [0.717, 1.165) is 109 Å². The number of hydrogen-bond donors (Lipinski definition) is 0. The summed E-state index contributed by atoms with van der Waals surface area (Å²) in [6, 6.07) is 0. The van der Waals surface area contributed by atoms with E-state index in [9.17, 15) is 19.0 Å². The Morgan fingerprint density at radius 2 is 0.864 bits per heavy atom. The number of rotatable bonds is 45. The van der Waals surface area contributed by atoms with Crippen LogP contribution in [0.25, 0.3) is 0 Å². The third-order valence-electron chi connectivity index (χ3n) is 10.3. The van der Waals surface area contributed by atoms with Gasteiger partial charge in [0.25, 0.3) is 7.82 Å². The Morgan fingerprint density at radius 3 is 1.29 bits per heavy atom. The number of phosphoric ester groups is 1. The summed E-state index contributed by atoms with van der Waals surface area (Å²) in [5.41, 5.74) is 0. The van der Waals surface area contributed by atoms with E-state index < -0.39 is 32.5 Å². The second-order valence-corrected chi connectivity index (χ2v) is 19.2. The normalized spacial score (nSPS) is 14.3. The molecule has 0 saturated heterocycles. The Kier molecular flexibility index (Phi) is 44.4. The van der Waals surface area contributed by atoms with Gasteiger partial charge in [0.05, 0.1) is 27.7 Å². The van der Waals surface area contributed by atoms with E-state index in [-0.39, 0.29) is 26.1 Å². The number of carbonyl (C=O) groups excluding carboxylic acids is 2. The number of hydrogen-bond acceptors (Lipinski definition) is 8. The molecular formula is C56H94NO8P. The first-order valence-corrected chi connectivity index (χ1v) is 27.1. The monoisotopic (exact) mass is 940 g/mol. The number of phosphoric acid groups is 1. The van der Waals surface area contributed by atoms with Crippen LogP contribution in [0, 0.1) is 0 Å². The SMILES string of the molecule is CC/C=C\C/C=C\C/C=C\C/C=C\C/C=C\C/C=C\C/C=C\C/C=C\C/C=C\CCCCCCCCCC(=O)OC(COC(=O)CCCCCCCCC)COP(=O)([O-])OCC[N+](C)(C)C. The molecule has 2 atom stereocenters. The first-order chi connectivity index (χ1) is 32.0. The van der Waals surface area contributed by atoms with Crippen molar-refractivity contribution >= 4 is 19.8 Å². The summed E-state index contributed by atoms with van der Waals surface area (Å²) in [5.74, 6) is -0.862. The summed E-state index contributed by atoms with van der Waals surface area (Å²) in [6.45, 7) is 4.03. The van der Waals surface area contributed by atoms with Crippen molar-refractivity contribution in [2.45, 2.75) is 187 Å². The quantitative estimate of drug-likeness (QED) is 0.0195. The van der Waals surface area contributed by atoms with E-state index in [0.29, 0.717) is 17.4 Å². The van der Waals surface area contributed by atoms with Crippen LogP contribution in [0.15, 0.2) is 109 Å². The standard InChI is InChI=1S/C56H94NO8P/c1-6-8-10-12-14-15-16-17-18-19-20-21-22-23-24-25-26-27-28-29-30-31-32-33-34-35-36-37-38-39-40-41-43-45-47-49-56(59)65-54(53-64-66(60,61)63-51-50-57(3,4)5)52-62-55(58)48-46-44-42-13-11-9-7-2/h8,10,14-15,17-18,20-21,23-24,26-27,29-30,32-33,35-36,54H,6-7,9,11-13,16,19,22,25,28,31,34,37-53H2,1-5H3/b10-8-,15-14-,18-17-,21-20-,24-23-,27-26-,30-29-,33-32-,36-35-. The summed E-state index contributed by atoms with van der Waals surface area (Å²) in [6.07, 6.45) is 64.4. The lowest BCUT2D eigenvalue weighted by molar-refractivity contribution is -0.870. The summed E-state index contributed by atoms with van der Waals surface area (Å²) in [5, 5.41) is 0. The van der Waals surface area contributed by atoms with Crippen LogP contribution < -0.4 is 4.89 Å². The van der Waals surface area contributed by atoms with Crippen molar-refractivity contribution in [2.24, 2.45) is 0 Å². The Morgan fingerprint density at radius 1 is 0.485 bits per heavy atom. The van der Waals surface area contributed by atoms with E-state index in [1.54, 1.807) is 0 Å². The molecule has 376 valence electrons. The van der Waals surface area contributed by atoms with Gasteiger partial charge in [-0.25, -0.2) is 0 Å². The molecule has 0 aromatic heterocycles. The zero-order valence-corrected chi connectivity index (χ0v) is 43.2. The van der Waals surface area contributed by atoms with Gasteiger partial charge < -0.3 is 27.9 Å². The molecule has 0 spiro atoms. The van der Waals surface area contributed by atoms with Gasteiger partial charge in [-0.2, -0.15) is 0 Å². The number of allylic oxidation sites excluding steroid dienone is 18. The smallest absolute Gasteiger partial charge is 0.306 e. The molecule has 0 radical (unpaired) electrons. The maximum atomic E-state index is 12.7. The molecule has 0 N–H and O–H groups in total. The predicted octanol–water partition coefficient (Wildman–Crippen LogP) is 14.8. The van der Waals surface area contributed by atoms with E-state index in [4.69, 9.17) is 18.5 Å². The fourth-order valence-electron chi connectivity index (χ4n) is 6.35. The van der Waals surface area contributed by atoms with Gasteiger partial charge in [0.15, 0.2) is 6.10 Å². The largest absolute Gasteiger partial charge is 0.756 e. The Balaban J connectivity index is 4.10. The molecule has 0 aliphatic rings. The van der Waals surface area contributed by atoms with Gasteiger partial charge in [0.1, 0.15) is 19.8 Å². The summed E-state index contributed by atoms with van der Waals surface area (Å²) in [7, 11) is 1.14. The second-order valence-electron chi connectivity index (χ2n) is 17.8. The summed E-state index contributed by atoms with van der Waals surface area (Å²) >= 11 is 0. The molecule has 0 saturated carbocycles. The molecule has 0 rings (SSSR count). The maximum Gasteiger partial charge on any atom is 0.306 e. The number of nitrogens with zero attached hydrogens (tertiary/aromatic N) is 1. The highest BCUT2D eigenvalue weighted by molar-refractivity contribution is 7.45. The average Bonchev–Trinajstić information content (AvgIpc) is 3.27. The van der Waals surface area contributed by atoms with Crippen LogP contribution in [-0.2, 0) is 32.7 Å². The molecule has 0 amide bonds. The Bertz CT molecular complexity index is 1480. The molecule has 10 heteroatoms. The number of ether oxygens (including phenoxy) is 2. The lowest BCUT2D eigenvalue weighted by atomic mass is 10.1. The Hall–Kier alpha value is -3.33. The van der Waals surface area contributed by atoms with Crippen molar-refractivity contribution < 1.29 is 42.1 Å². The van der Waals surface area contributed by atoms with Crippen LogP contribution in [0.1, 0.15) is 181 Å². The topological polar surface area (TPSA) is 111 Å². The lowest BCUT2D eigenvalue weighted by Gasteiger charge is -2.28. The van der Waals surface area contributed by atoms with Crippen molar-refractivity contribution in [1.82, 2.24) is 0 Å². The molecule has 0 fully saturated rings. The van der Waals surface area contributed by atoms with Crippen molar-refractivity contribution in [3.63, 3.8) is 0 Å². The van der Waals surface area contributed by atoms with Gasteiger partial charge in [-0.15, -0.1) is 0 Å². The van der Waals surface area contributed by atoms with Crippen molar-refractivity contribution in [3.05, 3.63) is 109 Å². The zero-order valence-electron chi connectivity index (χ0n) is 42.3. The molecule has 0 bridgehead atoms. The highest BCUT2D eigenvalue weighted by Crippen LogP contribution is 2.38. The van der Waals surface area contributed by atoms with E-state index >= 15 is 0 Å². The van der Waals surface area contributed by atoms with Crippen LogP contribution in [0.3, 0.4) is 0 Å². The fraction of sp³-hybridized carbons (Fsp3) is 0.643. The molecule has 0 heterocycles. The minimum Gasteiger partial charge on any atom is -0.756 e. The van der Waals surface area contributed by atoms with Crippen LogP contribution in [0.4, 0.5) is 0 Å². The van der Waals surface area contributed by atoms with Gasteiger partial charge in [-0.3, -0.25) is 14.2 Å². The average molecular weight is 940 g/mol. The van der Waals surface area contributed by atoms with Gasteiger partial charge in [0.2, 0.25) is 0 Å². The molecule has 9 nitrogen and oxygen atoms in total. The predicted molar refractivity (Wildman–Crippen MR) is 277 cm³/mol. The maximum absolute atomic E-state index is 12.7. The van der Waals surface area contributed by atoms with Gasteiger partial charge in [0, 0.05) is 12.8 Å². The summed E-state index contributed by atoms with van der Waals surface area (Å²) < 4.78 is 33.8. The zero-order chi connectivity index (χ0) is 48.5. The molecule has 0 aliphatic heterocycles. The van der Waals surface area contributed by atoms with Crippen LogP contribution in [0.5, 0.6) is 0 Å². The highest BCUT2D eigenvalue weighted by Gasteiger charge is 2.21. The van der Waals surface area contributed by atoms with Gasteiger partial charge >= 0.3 is 11.9 Å². The summed E-state index contributed by atoms with van der Waals surface area (Å²) in [4.78, 5) is 37.4. The lowest BCUT2D eigenvalue weighted by Crippen LogP contribution is -2.37. The fourth-order valence-corrected chi connectivity index (χ4v) is 7.08. The van der Waals surface area contributed by atoms with Crippen LogP contribution >= 0.6 is 7.82 Å². The highest BCUT2D eigenvalue weighted by atomic mass is 31.2. The molecule has 0 aromatic carbocycles. The van der Waals surface area contributed by atoms with Crippen molar-refractivity contribution in [2.75, 3.05) is 47.5 Å². The van der Waals surface area contributed by atoms with E-state index in [2.05, 4.69) is 123 Å². The van der Waals surface area contributed by atoms with Crippen molar-refractivity contribution in [1.29, 1.82) is 0 Å². The molecule has 0 aromatic rings. The third kappa shape index (κ3) is 50.1. The Labute approximate surface area is 404 Å². The van der Waals surface area contributed by atoms with Crippen molar-refractivity contribution in [3.8, 4) is 0 Å². The second kappa shape index (κ2) is 46.8. The first kappa shape index (κ1) is 62.7. The molecular weight excluding hydrogens is 846 g/mol. The molecule has 2 unspecified atom stereocenters. The number of unbranched alkanes of at least 4 members (excludes halogenated alkanes) is 13. The first-order valence-electron chi connectivity index (χ1n) is 25.6. The number of quaternary nitrogens is 1. The minimum atomic E-state index is -4.63. The van der Waals surface area contributed by atoms with Crippen LogP contribution in [-0.4, -0.2) is 70.0 Å². The number of carbonyl (C=O) groups is 2. The van der Waals surface area contributed by atoms with Crippen LogP contribution in [0.2, 0.25) is 0 Å². The van der Waals surface area contributed by atoms with Gasteiger partial charge in [-0.05, 0) is 83.5 Å².